The second kappa shape index (κ2) is 20.4. The number of sulfone groups is 1. The van der Waals surface area contributed by atoms with Crippen LogP contribution in [-0.2, 0) is 19.9 Å². The standard InChI is InChI=1S/C43H51Cl2F2N5O5S3/c1-42(2)22-20-32(38(27-42)30-10-14-33(44)15-11-30)28-48-23-24-49-34-16-12-31(13-17-34)41(53)51-60(56,57)37-18-19-39(40(26-37)59(54,55)43(45,46)47)50-35(21-25-52(3)4)29-58-36-8-6-5-7-9-36/h5-19,26,35,48-50H,20-25,27-29H2,1-4H3,(H,51,53)/t35-/m1/s1. The minimum Gasteiger partial charge on any atom is -0.384 e. The number of anilines is 2. The van der Waals surface area contributed by atoms with Gasteiger partial charge < -0.3 is 20.9 Å². The third-order valence-corrected chi connectivity index (χ3v) is 14.9. The molecule has 0 heterocycles. The summed E-state index contributed by atoms with van der Waals surface area (Å²) in [6, 6.07) is 25.8. The van der Waals surface area contributed by atoms with Crippen molar-refractivity contribution < 1.29 is 30.4 Å². The number of alkyl halides is 3. The first kappa shape index (κ1) is 47.4. The molecule has 17 heteroatoms. The molecule has 0 unspecified atom stereocenters. The molecule has 4 aromatic carbocycles. The smallest absolute Gasteiger partial charge is 0.384 e. The largest absolute Gasteiger partial charge is 0.427 e. The van der Waals surface area contributed by atoms with Gasteiger partial charge in [-0.1, -0.05) is 61.4 Å². The summed E-state index contributed by atoms with van der Waals surface area (Å²) >= 11 is 12.7. The Morgan fingerprint density at radius 3 is 2.27 bits per heavy atom. The first-order valence-electron chi connectivity index (χ1n) is 19.4. The third-order valence-electron chi connectivity index (χ3n) is 10.1. The molecule has 10 nitrogen and oxygen atoms in total. The number of nitrogens with zero attached hydrogens (tertiary/aromatic N) is 1. The summed E-state index contributed by atoms with van der Waals surface area (Å²) < 4.78 is 79.1. The quantitative estimate of drug-likeness (QED) is 0.0386. The van der Waals surface area contributed by atoms with Crippen LogP contribution in [-0.4, -0.2) is 84.4 Å². The lowest BCUT2D eigenvalue weighted by molar-refractivity contribution is 0.0981. The highest BCUT2D eigenvalue weighted by molar-refractivity contribution is 7.99. The maximum absolute atomic E-state index is 14.4. The van der Waals surface area contributed by atoms with Crippen LogP contribution in [0.4, 0.5) is 20.2 Å². The summed E-state index contributed by atoms with van der Waals surface area (Å²) in [7, 11) is -6.62. The molecule has 4 aromatic rings. The highest BCUT2D eigenvalue weighted by Gasteiger charge is 2.46. The number of hydrogen-bond donors (Lipinski definition) is 4. The van der Waals surface area contributed by atoms with Gasteiger partial charge in [0.1, 0.15) is 0 Å². The molecule has 0 fully saturated rings. The molecule has 0 spiro atoms. The van der Waals surface area contributed by atoms with E-state index in [1.807, 2.05) is 66.2 Å². The van der Waals surface area contributed by atoms with Crippen molar-refractivity contribution >= 4 is 77.7 Å². The summed E-state index contributed by atoms with van der Waals surface area (Å²) in [6.45, 7) is 7.14. The molecule has 5 rings (SSSR count). The summed E-state index contributed by atoms with van der Waals surface area (Å²) in [4.78, 5) is 14.3. The second-order valence-electron chi connectivity index (χ2n) is 15.7. The third kappa shape index (κ3) is 13.2. The van der Waals surface area contributed by atoms with E-state index in [4.69, 9.17) is 23.2 Å². The molecule has 1 aliphatic rings. The number of thioether (sulfide) groups is 1. The van der Waals surface area contributed by atoms with Gasteiger partial charge >= 0.3 is 4.71 Å². The van der Waals surface area contributed by atoms with E-state index < -0.39 is 46.3 Å². The van der Waals surface area contributed by atoms with Gasteiger partial charge in [0.05, 0.1) is 15.5 Å². The zero-order chi connectivity index (χ0) is 43.7. The Balaban J connectivity index is 1.23. The van der Waals surface area contributed by atoms with Gasteiger partial charge in [-0.25, -0.2) is 21.6 Å². The minimum absolute atomic E-state index is 0.00205. The predicted molar refractivity (Wildman–Crippen MR) is 241 cm³/mol. The van der Waals surface area contributed by atoms with Crippen molar-refractivity contribution in [3.63, 3.8) is 0 Å². The van der Waals surface area contributed by atoms with E-state index in [0.717, 1.165) is 42.8 Å². The molecule has 0 radical (unpaired) electrons. The van der Waals surface area contributed by atoms with E-state index in [2.05, 4.69) is 41.9 Å². The topological polar surface area (TPSA) is 137 Å². The molecule has 324 valence electrons. The summed E-state index contributed by atoms with van der Waals surface area (Å²) in [5, 5.41) is 10.5. The number of carbonyl (C=O) groups excluding carboxylic acids is 1. The van der Waals surface area contributed by atoms with Crippen LogP contribution in [0, 0.1) is 5.41 Å². The fraction of sp³-hybridized carbons (Fsp3) is 0.372. The molecular formula is C43H51Cl2F2N5O5S3. The molecule has 0 saturated carbocycles. The molecule has 60 heavy (non-hydrogen) atoms. The number of rotatable bonds is 20. The zero-order valence-corrected chi connectivity index (χ0v) is 37.9. The van der Waals surface area contributed by atoms with E-state index in [9.17, 15) is 30.4 Å². The number of hydrogen-bond acceptors (Lipinski definition) is 10. The summed E-state index contributed by atoms with van der Waals surface area (Å²) in [5.41, 5.74) is 4.57. The maximum atomic E-state index is 14.4. The second-order valence-corrected chi connectivity index (χ2v) is 21.6. The highest BCUT2D eigenvalue weighted by atomic mass is 35.5. The Morgan fingerprint density at radius 1 is 0.933 bits per heavy atom. The molecule has 0 aromatic heterocycles. The normalized spacial score (nSPS) is 15.2. The molecular weight excluding hydrogens is 872 g/mol. The molecule has 1 atom stereocenters. The molecule has 1 amide bonds. The first-order valence-corrected chi connectivity index (χ1v) is 24.1. The van der Waals surface area contributed by atoms with Crippen molar-refractivity contribution in [2.24, 2.45) is 5.41 Å². The van der Waals surface area contributed by atoms with E-state index >= 15 is 0 Å². The number of benzene rings is 4. The average molecular weight is 923 g/mol. The number of allylic oxidation sites excluding steroid dienone is 1. The number of nitrogens with one attached hydrogen (secondary N) is 4. The van der Waals surface area contributed by atoms with Gasteiger partial charge in [-0.05, 0) is 141 Å². The lowest BCUT2D eigenvalue weighted by Crippen LogP contribution is -2.32. The van der Waals surface area contributed by atoms with Crippen LogP contribution in [0.2, 0.25) is 5.02 Å². The van der Waals surface area contributed by atoms with Gasteiger partial charge in [0.25, 0.3) is 25.8 Å². The van der Waals surface area contributed by atoms with Crippen LogP contribution in [0.25, 0.3) is 5.57 Å². The molecule has 4 N–H and O–H groups in total. The van der Waals surface area contributed by atoms with Crippen LogP contribution in [0.3, 0.4) is 0 Å². The SMILES string of the molecule is CN(C)CC[C@H](CSc1ccccc1)Nc1ccc(S(=O)(=O)NC(=O)c2ccc(NCCNCC3=C(c4ccc(Cl)cc4)CC(C)(C)CC3)cc2)cc1S(=O)(=O)C(F)(F)Cl. The summed E-state index contributed by atoms with van der Waals surface area (Å²) in [5.74, 6) is -0.570. The van der Waals surface area contributed by atoms with Gasteiger partial charge in [0.15, 0.2) is 0 Å². The fourth-order valence-electron chi connectivity index (χ4n) is 6.68. The number of sulfonamides is 1. The summed E-state index contributed by atoms with van der Waals surface area (Å²) in [6.07, 6.45) is 3.59. The fourth-order valence-corrected chi connectivity index (χ4v) is 10.1. The molecule has 0 aliphatic heterocycles. The molecule has 1 aliphatic carbocycles. The van der Waals surface area contributed by atoms with Crippen molar-refractivity contribution in [2.45, 2.75) is 65.0 Å². The van der Waals surface area contributed by atoms with E-state index in [1.165, 1.54) is 40.6 Å². The zero-order valence-electron chi connectivity index (χ0n) is 33.9. The van der Waals surface area contributed by atoms with E-state index in [-0.39, 0.29) is 16.7 Å². The lowest BCUT2D eigenvalue weighted by atomic mass is 9.72. The average Bonchev–Trinajstić information content (AvgIpc) is 3.19. The monoisotopic (exact) mass is 921 g/mol. The van der Waals surface area contributed by atoms with Crippen LogP contribution in [0.15, 0.2) is 117 Å². The lowest BCUT2D eigenvalue weighted by Gasteiger charge is -2.34. The number of halogens is 4. The van der Waals surface area contributed by atoms with Gasteiger partial charge in [-0.15, -0.1) is 11.8 Å². The highest BCUT2D eigenvalue weighted by Crippen LogP contribution is 2.43. The van der Waals surface area contributed by atoms with Gasteiger partial charge in [-0.2, -0.15) is 8.78 Å². The van der Waals surface area contributed by atoms with E-state index in [1.54, 1.807) is 12.1 Å². The number of carbonyl (C=O) groups is 1. The van der Waals surface area contributed by atoms with Crippen molar-refractivity contribution in [2.75, 3.05) is 56.7 Å². The maximum Gasteiger partial charge on any atom is 0.427 e. The van der Waals surface area contributed by atoms with E-state index in [0.29, 0.717) is 48.6 Å². The Hall–Kier alpha value is -3.70. The molecule has 0 bridgehead atoms. The van der Waals surface area contributed by atoms with Crippen LogP contribution in [0.5, 0.6) is 0 Å². The van der Waals surface area contributed by atoms with Gasteiger partial charge in [0, 0.05) is 52.6 Å². The van der Waals surface area contributed by atoms with Crippen LogP contribution < -0.4 is 20.7 Å². The molecule has 0 saturated heterocycles. The van der Waals surface area contributed by atoms with Crippen molar-refractivity contribution in [1.29, 1.82) is 0 Å². The number of amides is 1. The Morgan fingerprint density at radius 2 is 1.62 bits per heavy atom. The van der Waals surface area contributed by atoms with Crippen molar-refractivity contribution in [3.8, 4) is 0 Å². The first-order chi connectivity index (χ1) is 28.2. The Kier molecular flexibility index (Phi) is 16.1. The Bertz CT molecular complexity index is 2340. The van der Waals surface area contributed by atoms with Crippen molar-refractivity contribution in [3.05, 3.63) is 119 Å². The van der Waals surface area contributed by atoms with Crippen molar-refractivity contribution in [1.82, 2.24) is 14.9 Å². The van der Waals surface area contributed by atoms with Crippen LogP contribution in [0.1, 0.15) is 55.5 Å². The Labute approximate surface area is 366 Å². The van der Waals surface area contributed by atoms with Gasteiger partial charge in [0.2, 0.25) is 0 Å². The predicted octanol–water partition coefficient (Wildman–Crippen LogP) is 9.21. The van der Waals surface area contributed by atoms with Crippen LogP contribution >= 0.6 is 35.0 Å². The van der Waals surface area contributed by atoms with Gasteiger partial charge in [-0.3, -0.25) is 4.79 Å². The minimum atomic E-state index is -5.60.